The number of phenols is 1. The van der Waals surface area contributed by atoms with Crippen LogP contribution in [0.4, 0.5) is 5.69 Å². The van der Waals surface area contributed by atoms with E-state index >= 15 is 0 Å². The fourth-order valence-electron chi connectivity index (χ4n) is 2.58. The molecule has 0 aliphatic carbocycles. The second-order valence-corrected chi connectivity index (χ2v) is 5.78. The van der Waals surface area contributed by atoms with E-state index in [1.807, 2.05) is 66.5 Å². The van der Waals surface area contributed by atoms with E-state index in [0.717, 1.165) is 11.3 Å². The Kier molecular flexibility index (Phi) is 5.88. The highest BCUT2D eigenvalue weighted by Crippen LogP contribution is 2.23. The molecule has 0 amide bonds. The highest BCUT2D eigenvalue weighted by Gasteiger charge is 2.06. The molecule has 0 aliphatic rings. The molecule has 0 saturated carbocycles. The van der Waals surface area contributed by atoms with Crippen molar-refractivity contribution in [2.75, 3.05) is 11.6 Å². The molecular weight excluding hydrogens is 324 g/mol. The molecule has 4 heteroatoms. The summed E-state index contributed by atoms with van der Waals surface area (Å²) in [5.74, 6) is 0.791. The maximum atomic E-state index is 10.2. The average molecular weight is 346 g/mol. The first-order valence-corrected chi connectivity index (χ1v) is 8.62. The van der Waals surface area contributed by atoms with Crippen molar-refractivity contribution in [3.05, 3.63) is 90.0 Å². The summed E-state index contributed by atoms with van der Waals surface area (Å²) < 4.78 is 5.40. The Labute approximate surface area is 154 Å². The van der Waals surface area contributed by atoms with Gasteiger partial charge in [0.05, 0.1) is 25.1 Å². The van der Waals surface area contributed by atoms with Crippen LogP contribution in [0.15, 0.2) is 84.0 Å². The zero-order valence-electron chi connectivity index (χ0n) is 14.7. The van der Waals surface area contributed by atoms with Crippen LogP contribution in [0.1, 0.15) is 18.1 Å². The summed E-state index contributed by atoms with van der Waals surface area (Å²) in [6.07, 6.45) is 1.67. The molecule has 3 rings (SSSR count). The third kappa shape index (κ3) is 4.63. The molecule has 0 bridgehead atoms. The molecule has 3 aromatic carbocycles. The molecule has 3 aromatic rings. The predicted molar refractivity (Wildman–Crippen MR) is 106 cm³/mol. The minimum Gasteiger partial charge on any atom is -0.507 e. The van der Waals surface area contributed by atoms with Gasteiger partial charge in [-0.25, -0.2) is 0 Å². The van der Waals surface area contributed by atoms with Gasteiger partial charge in [-0.15, -0.1) is 0 Å². The number of benzene rings is 3. The van der Waals surface area contributed by atoms with Gasteiger partial charge in [0.1, 0.15) is 11.5 Å². The third-order valence-electron chi connectivity index (χ3n) is 3.88. The van der Waals surface area contributed by atoms with Crippen molar-refractivity contribution in [2.24, 2.45) is 5.10 Å². The lowest BCUT2D eigenvalue weighted by atomic mass is 10.2. The summed E-state index contributed by atoms with van der Waals surface area (Å²) in [6.45, 7) is 3.11. The number of aromatic hydroxyl groups is 1. The van der Waals surface area contributed by atoms with Crippen LogP contribution in [0.3, 0.4) is 0 Å². The summed E-state index contributed by atoms with van der Waals surface area (Å²) in [6, 6.07) is 25.4. The van der Waals surface area contributed by atoms with E-state index in [1.54, 1.807) is 18.3 Å². The highest BCUT2D eigenvalue weighted by molar-refractivity contribution is 5.84. The Morgan fingerprint density at radius 1 is 0.962 bits per heavy atom. The van der Waals surface area contributed by atoms with Gasteiger partial charge in [-0.1, -0.05) is 48.5 Å². The molecule has 0 saturated heterocycles. The number of ether oxygens (including phenoxy) is 1. The molecule has 0 atom stereocenters. The number of rotatable bonds is 7. The van der Waals surface area contributed by atoms with Gasteiger partial charge in [0.15, 0.2) is 0 Å². The summed E-state index contributed by atoms with van der Waals surface area (Å²) in [5.41, 5.74) is 2.78. The molecule has 132 valence electrons. The van der Waals surface area contributed by atoms with Crippen molar-refractivity contribution in [3.8, 4) is 11.5 Å². The zero-order chi connectivity index (χ0) is 18.2. The van der Waals surface area contributed by atoms with E-state index in [1.165, 1.54) is 0 Å². The van der Waals surface area contributed by atoms with Gasteiger partial charge < -0.3 is 9.84 Å². The Hall–Kier alpha value is -3.27. The first-order valence-electron chi connectivity index (χ1n) is 8.62. The average Bonchev–Trinajstić information content (AvgIpc) is 2.68. The summed E-state index contributed by atoms with van der Waals surface area (Å²) in [5, 5.41) is 16.7. The standard InChI is InChI=1S/C22H22N2O2/c1-2-26-21-14-13-19(22(25)15-21)16-23-24(20-11-7-4-8-12-20)17-18-9-5-3-6-10-18/h3-16,25H,2,17H2,1H3. The maximum Gasteiger partial charge on any atom is 0.128 e. The van der Waals surface area contributed by atoms with Gasteiger partial charge in [-0.2, -0.15) is 5.10 Å². The van der Waals surface area contributed by atoms with Crippen LogP contribution in [0, 0.1) is 0 Å². The van der Waals surface area contributed by atoms with E-state index < -0.39 is 0 Å². The van der Waals surface area contributed by atoms with E-state index in [2.05, 4.69) is 17.2 Å². The van der Waals surface area contributed by atoms with E-state index in [9.17, 15) is 5.11 Å². The van der Waals surface area contributed by atoms with E-state index in [-0.39, 0.29) is 5.75 Å². The lowest BCUT2D eigenvalue weighted by molar-refractivity contribution is 0.337. The first kappa shape index (κ1) is 17.5. The SMILES string of the molecule is CCOc1ccc(C=NN(Cc2ccccc2)c2ccccc2)c(O)c1. The van der Waals surface area contributed by atoms with E-state index in [4.69, 9.17) is 4.74 Å². The molecule has 0 fully saturated rings. The first-order chi connectivity index (χ1) is 12.8. The number of hydrazone groups is 1. The van der Waals surface area contributed by atoms with Crippen LogP contribution < -0.4 is 9.75 Å². The minimum atomic E-state index is 0.146. The van der Waals surface area contributed by atoms with Gasteiger partial charge in [0.2, 0.25) is 0 Å². The number of phenolic OH excluding ortho intramolecular Hbond substituents is 1. The number of para-hydroxylation sites is 1. The lowest BCUT2D eigenvalue weighted by Crippen LogP contribution is -2.16. The summed E-state index contributed by atoms with van der Waals surface area (Å²) in [7, 11) is 0. The third-order valence-corrected chi connectivity index (χ3v) is 3.88. The van der Waals surface area contributed by atoms with Gasteiger partial charge in [0.25, 0.3) is 0 Å². The maximum absolute atomic E-state index is 10.2. The molecule has 0 aliphatic heterocycles. The van der Waals surface area contributed by atoms with Gasteiger partial charge in [-0.3, -0.25) is 5.01 Å². The van der Waals surface area contributed by atoms with Crippen LogP contribution in [0.25, 0.3) is 0 Å². The Balaban J connectivity index is 1.84. The van der Waals surface area contributed by atoms with Gasteiger partial charge in [-0.05, 0) is 36.8 Å². The number of nitrogens with zero attached hydrogens (tertiary/aromatic N) is 2. The lowest BCUT2D eigenvalue weighted by Gasteiger charge is -2.19. The fourth-order valence-corrected chi connectivity index (χ4v) is 2.58. The molecule has 1 N–H and O–H groups in total. The van der Waals surface area contributed by atoms with Crippen LogP contribution in [-0.4, -0.2) is 17.9 Å². The van der Waals surface area contributed by atoms with Crippen molar-refractivity contribution in [2.45, 2.75) is 13.5 Å². The van der Waals surface area contributed by atoms with Crippen LogP contribution in [-0.2, 0) is 6.54 Å². The predicted octanol–water partition coefficient (Wildman–Crippen LogP) is 4.83. The van der Waals surface area contributed by atoms with E-state index in [0.29, 0.717) is 24.5 Å². The van der Waals surface area contributed by atoms with Gasteiger partial charge in [0, 0.05) is 11.6 Å². The zero-order valence-corrected chi connectivity index (χ0v) is 14.7. The van der Waals surface area contributed by atoms with Gasteiger partial charge >= 0.3 is 0 Å². The van der Waals surface area contributed by atoms with Crippen molar-refractivity contribution in [1.29, 1.82) is 0 Å². The number of anilines is 1. The molecule has 4 nitrogen and oxygen atoms in total. The fraction of sp³-hybridized carbons (Fsp3) is 0.136. The summed E-state index contributed by atoms with van der Waals surface area (Å²) >= 11 is 0. The second kappa shape index (κ2) is 8.72. The summed E-state index contributed by atoms with van der Waals surface area (Å²) in [4.78, 5) is 0. The normalized spacial score (nSPS) is 10.8. The monoisotopic (exact) mass is 346 g/mol. The van der Waals surface area contributed by atoms with Crippen molar-refractivity contribution in [3.63, 3.8) is 0 Å². The highest BCUT2D eigenvalue weighted by atomic mass is 16.5. The Morgan fingerprint density at radius 2 is 1.65 bits per heavy atom. The second-order valence-electron chi connectivity index (χ2n) is 5.78. The smallest absolute Gasteiger partial charge is 0.128 e. The molecular formula is C22H22N2O2. The largest absolute Gasteiger partial charge is 0.507 e. The molecule has 0 heterocycles. The minimum absolute atomic E-state index is 0.146. The van der Waals surface area contributed by atoms with Crippen molar-refractivity contribution in [1.82, 2.24) is 0 Å². The molecule has 0 unspecified atom stereocenters. The molecule has 0 aromatic heterocycles. The molecule has 0 radical (unpaired) electrons. The van der Waals surface area contributed by atoms with Crippen molar-refractivity contribution < 1.29 is 9.84 Å². The Morgan fingerprint density at radius 3 is 2.31 bits per heavy atom. The quantitative estimate of drug-likeness (QED) is 0.492. The Bertz CT molecular complexity index is 849. The topological polar surface area (TPSA) is 45.1 Å². The molecule has 26 heavy (non-hydrogen) atoms. The van der Waals surface area contributed by atoms with Crippen molar-refractivity contribution >= 4 is 11.9 Å². The number of hydrogen-bond acceptors (Lipinski definition) is 4. The number of hydrogen-bond donors (Lipinski definition) is 1. The van der Waals surface area contributed by atoms with Crippen LogP contribution in [0.5, 0.6) is 11.5 Å². The van der Waals surface area contributed by atoms with Crippen LogP contribution in [0.2, 0.25) is 0 Å². The molecule has 0 spiro atoms. The van der Waals surface area contributed by atoms with Crippen LogP contribution >= 0.6 is 0 Å².